The first-order valence-corrected chi connectivity index (χ1v) is 11.4. The molecule has 152 valence electrons. The van der Waals surface area contributed by atoms with Crippen molar-refractivity contribution < 1.29 is 9.88 Å². The van der Waals surface area contributed by atoms with Crippen LogP contribution >= 0.6 is 23.6 Å². The van der Waals surface area contributed by atoms with E-state index in [1.54, 1.807) is 11.3 Å². The predicted octanol–water partition coefficient (Wildman–Crippen LogP) is 2.31. The Hall–Kier alpha value is -2.81. The van der Waals surface area contributed by atoms with Crippen LogP contribution in [0.25, 0.3) is 16.4 Å². The number of rotatable bonds is 5. The van der Waals surface area contributed by atoms with Gasteiger partial charge in [-0.05, 0) is 41.9 Å². The Kier molecular flexibility index (Phi) is 5.44. The number of H-pyrrole nitrogens is 1. The van der Waals surface area contributed by atoms with Crippen molar-refractivity contribution in [1.29, 1.82) is 0 Å². The number of nitrogens with zero attached hydrogens (tertiary/aromatic N) is 4. The molecule has 0 aliphatic carbocycles. The lowest BCUT2D eigenvalue weighted by atomic mass is 10.3. The molecule has 1 aliphatic rings. The number of hydrogen-bond acceptors (Lipinski definition) is 4. The standard InChI is InChI=1S/C22H22N6S2/c29-22-27(17-25-12-14-26(15-13-25)20-10-4-5-11-23-20)24-21(19-9-6-16-30-19)28(22)18-7-2-1-3-8-18/h1-11,16H,12-15,17H2/p+2. The number of aromatic amines is 1. The van der Waals surface area contributed by atoms with E-state index in [1.165, 1.54) is 10.7 Å². The Balaban J connectivity index is 1.39. The van der Waals surface area contributed by atoms with Crippen LogP contribution in [-0.4, -0.2) is 40.5 Å². The van der Waals surface area contributed by atoms with E-state index in [1.807, 2.05) is 35.1 Å². The molecule has 1 fully saturated rings. The van der Waals surface area contributed by atoms with E-state index in [0.29, 0.717) is 0 Å². The van der Waals surface area contributed by atoms with Gasteiger partial charge in [-0.2, -0.15) is 4.68 Å². The number of anilines is 1. The zero-order valence-corrected chi connectivity index (χ0v) is 18.2. The van der Waals surface area contributed by atoms with Gasteiger partial charge in [-0.25, -0.2) is 4.98 Å². The van der Waals surface area contributed by atoms with E-state index in [9.17, 15) is 0 Å². The number of hydrogen-bond donors (Lipinski definition) is 1. The molecule has 0 saturated carbocycles. The van der Waals surface area contributed by atoms with Gasteiger partial charge in [-0.1, -0.05) is 30.3 Å². The molecule has 1 aromatic carbocycles. The summed E-state index contributed by atoms with van der Waals surface area (Å²) < 4.78 is 4.84. The van der Waals surface area contributed by atoms with Gasteiger partial charge >= 0.3 is 0 Å². The minimum absolute atomic E-state index is 0.746. The summed E-state index contributed by atoms with van der Waals surface area (Å²) in [7, 11) is 0. The number of benzene rings is 1. The van der Waals surface area contributed by atoms with Gasteiger partial charge in [-0.3, -0.25) is 9.47 Å². The Morgan fingerprint density at radius 3 is 2.50 bits per heavy atom. The summed E-state index contributed by atoms with van der Waals surface area (Å²) in [6.45, 7) is 4.91. The molecule has 0 radical (unpaired) electrons. The second kappa shape index (κ2) is 8.51. The second-order valence-electron chi connectivity index (χ2n) is 7.40. The van der Waals surface area contributed by atoms with Crippen LogP contribution in [0.2, 0.25) is 0 Å². The molecule has 6 nitrogen and oxygen atoms in total. The third-order valence-corrected chi connectivity index (χ3v) is 6.73. The number of pyridine rings is 1. The highest BCUT2D eigenvalue weighted by molar-refractivity contribution is 7.71. The molecule has 0 bridgehead atoms. The third-order valence-electron chi connectivity index (χ3n) is 5.47. The highest BCUT2D eigenvalue weighted by Crippen LogP contribution is 2.26. The van der Waals surface area contributed by atoms with Crippen LogP contribution in [0.4, 0.5) is 5.82 Å². The van der Waals surface area contributed by atoms with Crippen LogP contribution in [0.3, 0.4) is 0 Å². The third kappa shape index (κ3) is 3.81. The zero-order valence-electron chi connectivity index (χ0n) is 16.6. The molecule has 5 rings (SSSR count). The summed E-state index contributed by atoms with van der Waals surface area (Å²) in [4.78, 5) is 8.36. The lowest BCUT2D eigenvalue weighted by molar-refractivity contribution is -0.924. The Labute approximate surface area is 184 Å². The average molecular weight is 437 g/mol. The van der Waals surface area contributed by atoms with E-state index < -0.39 is 0 Å². The van der Waals surface area contributed by atoms with Crippen molar-refractivity contribution in [2.75, 3.05) is 31.1 Å². The van der Waals surface area contributed by atoms with Gasteiger partial charge in [0.25, 0.3) is 5.82 Å². The van der Waals surface area contributed by atoms with Crippen LogP contribution in [0.15, 0.2) is 72.2 Å². The fourth-order valence-electron chi connectivity index (χ4n) is 3.90. The average Bonchev–Trinajstić information content (AvgIpc) is 3.44. The Morgan fingerprint density at radius 1 is 1.00 bits per heavy atom. The molecule has 2 N–H and O–H groups in total. The molecule has 8 heteroatoms. The summed E-state index contributed by atoms with van der Waals surface area (Å²) in [6.07, 6.45) is 1.98. The second-order valence-corrected chi connectivity index (χ2v) is 8.71. The zero-order chi connectivity index (χ0) is 20.3. The molecule has 4 aromatic rings. The van der Waals surface area contributed by atoms with Crippen molar-refractivity contribution in [1.82, 2.24) is 14.3 Å². The first kappa shape index (κ1) is 19.2. The quantitative estimate of drug-likeness (QED) is 0.489. The Morgan fingerprint density at radius 2 is 1.80 bits per heavy atom. The summed E-state index contributed by atoms with van der Waals surface area (Å²) >= 11 is 7.57. The first-order chi connectivity index (χ1) is 14.8. The SMILES string of the molecule is S=c1n(C[NH+]2CCN(c3cccc[nH+]3)CC2)nc(-c2cccs2)n1-c1ccccc1. The smallest absolute Gasteiger partial charge is 0.274 e. The molecule has 4 heterocycles. The number of thiophene rings is 1. The van der Waals surface area contributed by atoms with Gasteiger partial charge in [0.05, 0.1) is 16.8 Å². The molecular formula is C22H24N6S2+2. The van der Waals surface area contributed by atoms with Crippen molar-refractivity contribution in [3.63, 3.8) is 0 Å². The van der Waals surface area contributed by atoms with Crippen molar-refractivity contribution in [3.05, 3.63) is 77.0 Å². The predicted molar refractivity (Wildman–Crippen MR) is 122 cm³/mol. The monoisotopic (exact) mass is 436 g/mol. The summed E-state index contributed by atoms with van der Waals surface area (Å²) in [5.74, 6) is 2.10. The van der Waals surface area contributed by atoms with Crippen LogP contribution in [0.1, 0.15) is 0 Å². The van der Waals surface area contributed by atoms with Crippen molar-refractivity contribution >= 4 is 29.4 Å². The highest BCUT2D eigenvalue weighted by Gasteiger charge is 2.27. The van der Waals surface area contributed by atoms with E-state index in [-0.39, 0.29) is 0 Å². The number of nitrogens with one attached hydrogen (secondary N) is 2. The Bertz CT molecular complexity index is 1140. The van der Waals surface area contributed by atoms with Gasteiger partial charge in [0.15, 0.2) is 12.5 Å². The van der Waals surface area contributed by atoms with Crippen molar-refractivity contribution in [3.8, 4) is 16.4 Å². The topological polar surface area (TPSA) is 44.6 Å². The molecule has 0 atom stereocenters. The van der Waals surface area contributed by atoms with Gasteiger partial charge < -0.3 is 4.90 Å². The van der Waals surface area contributed by atoms with Crippen molar-refractivity contribution in [2.24, 2.45) is 0 Å². The summed E-state index contributed by atoms with van der Waals surface area (Å²) in [6, 6.07) is 20.7. The normalized spacial score (nSPS) is 14.9. The number of quaternary nitrogens is 1. The molecule has 3 aromatic heterocycles. The van der Waals surface area contributed by atoms with E-state index >= 15 is 0 Å². The lowest BCUT2D eigenvalue weighted by Crippen LogP contribution is -3.14. The molecule has 30 heavy (non-hydrogen) atoms. The maximum absolute atomic E-state index is 5.88. The van der Waals surface area contributed by atoms with Crippen LogP contribution in [0.5, 0.6) is 0 Å². The highest BCUT2D eigenvalue weighted by atomic mass is 32.1. The fraction of sp³-hybridized carbons (Fsp3) is 0.227. The molecule has 0 spiro atoms. The van der Waals surface area contributed by atoms with Crippen LogP contribution < -0.4 is 14.8 Å². The van der Waals surface area contributed by atoms with Crippen LogP contribution in [0, 0.1) is 4.77 Å². The molecular weight excluding hydrogens is 412 g/mol. The first-order valence-electron chi connectivity index (χ1n) is 10.1. The molecule has 1 saturated heterocycles. The molecule has 0 amide bonds. The van der Waals surface area contributed by atoms with E-state index in [0.717, 1.165) is 54.0 Å². The van der Waals surface area contributed by atoms with E-state index in [4.69, 9.17) is 17.3 Å². The van der Waals surface area contributed by atoms with Gasteiger partial charge in [0.1, 0.15) is 26.2 Å². The minimum atomic E-state index is 0.746. The van der Waals surface area contributed by atoms with Gasteiger partial charge in [-0.15, -0.1) is 16.4 Å². The van der Waals surface area contributed by atoms with Gasteiger partial charge in [0.2, 0.25) is 4.77 Å². The van der Waals surface area contributed by atoms with E-state index in [2.05, 4.69) is 56.2 Å². The number of para-hydroxylation sites is 1. The fourth-order valence-corrected chi connectivity index (χ4v) is 4.90. The number of aromatic nitrogens is 4. The van der Waals surface area contributed by atoms with Gasteiger partial charge in [0, 0.05) is 6.07 Å². The maximum atomic E-state index is 5.88. The minimum Gasteiger partial charge on any atom is -0.310 e. The summed E-state index contributed by atoms with van der Waals surface area (Å²) in [5.41, 5.74) is 1.05. The van der Waals surface area contributed by atoms with Crippen LogP contribution in [-0.2, 0) is 6.67 Å². The number of piperazine rings is 1. The maximum Gasteiger partial charge on any atom is 0.274 e. The largest absolute Gasteiger partial charge is 0.310 e. The molecule has 0 unspecified atom stereocenters. The summed E-state index contributed by atoms with van der Waals surface area (Å²) in [5, 5.41) is 7.03. The van der Waals surface area contributed by atoms with Crippen molar-refractivity contribution in [2.45, 2.75) is 6.67 Å². The molecule has 1 aliphatic heterocycles. The lowest BCUT2D eigenvalue weighted by Gasteiger charge is -2.27.